The Balaban J connectivity index is 1.11. The van der Waals surface area contributed by atoms with Crippen LogP contribution in [0.25, 0.3) is 78.4 Å². The second-order valence-corrected chi connectivity index (χ2v) is 14.9. The van der Waals surface area contributed by atoms with Crippen molar-refractivity contribution < 1.29 is 4.42 Å². The summed E-state index contributed by atoms with van der Waals surface area (Å²) >= 11 is 0. The standard InChI is InChI=1S/C50H37N3O/c1-31-15-10-11-20-36(31)40-30-44-41(37-21-12-13-24-43(37)50(44,2)3)29-35(40)27-32-25-26-45-42(28-32)38-22-14-23-39(46(38)54-45)49-52-47(33-16-6-4-7-17-33)51-48(53-49)34-18-8-5-9-19-34/h4-26,28-30H,27H2,1-3H3. The molecule has 258 valence electrons. The Bertz CT molecular complexity index is 2830. The molecule has 7 aromatic carbocycles. The van der Waals surface area contributed by atoms with Crippen molar-refractivity contribution in [2.75, 3.05) is 0 Å². The highest BCUT2D eigenvalue weighted by Gasteiger charge is 2.36. The quantitative estimate of drug-likeness (QED) is 0.174. The normalized spacial score (nSPS) is 12.9. The van der Waals surface area contributed by atoms with Gasteiger partial charge >= 0.3 is 0 Å². The van der Waals surface area contributed by atoms with Gasteiger partial charge in [-0.25, -0.2) is 15.0 Å². The molecule has 0 saturated carbocycles. The van der Waals surface area contributed by atoms with Crippen molar-refractivity contribution in [3.8, 4) is 56.4 Å². The number of fused-ring (bicyclic) bond motifs is 6. The summed E-state index contributed by atoms with van der Waals surface area (Å²) in [6.07, 6.45) is 0.788. The van der Waals surface area contributed by atoms with Gasteiger partial charge in [-0.05, 0) is 93.7 Å². The first-order valence-corrected chi connectivity index (χ1v) is 18.6. The van der Waals surface area contributed by atoms with Gasteiger partial charge in [0.05, 0.1) is 5.56 Å². The van der Waals surface area contributed by atoms with Gasteiger partial charge in [0.15, 0.2) is 17.5 Å². The molecule has 0 atom stereocenters. The minimum atomic E-state index is -0.0729. The van der Waals surface area contributed by atoms with Crippen LogP contribution in [0.4, 0.5) is 0 Å². The van der Waals surface area contributed by atoms with E-state index >= 15 is 0 Å². The molecule has 10 rings (SSSR count). The lowest BCUT2D eigenvalue weighted by Crippen LogP contribution is -2.15. The average molecular weight is 696 g/mol. The molecule has 9 aromatic rings. The number of nitrogens with zero attached hydrogens (tertiary/aromatic N) is 3. The fourth-order valence-electron chi connectivity index (χ4n) is 8.35. The lowest BCUT2D eigenvalue weighted by atomic mass is 9.80. The van der Waals surface area contributed by atoms with Crippen LogP contribution in [-0.2, 0) is 11.8 Å². The Morgan fingerprint density at radius 2 is 1.11 bits per heavy atom. The highest BCUT2D eigenvalue weighted by Crippen LogP contribution is 2.51. The third kappa shape index (κ3) is 5.25. The number of hydrogen-bond donors (Lipinski definition) is 0. The van der Waals surface area contributed by atoms with Gasteiger partial charge in [-0.3, -0.25) is 0 Å². The van der Waals surface area contributed by atoms with Crippen molar-refractivity contribution in [1.29, 1.82) is 0 Å². The van der Waals surface area contributed by atoms with Crippen molar-refractivity contribution in [3.05, 3.63) is 186 Å². The van der Waals surface area contributed by atoms with Crippen LogP contribution in [0.5, 0.6) is 0 Å². The maximum absolute atomic E-state index is 6.67. The summed E-state index contributed by atoms with van der Waals surface area (Å²) in [6, 6.07) is 55.6. The van der Waals surface area contributed by atoms with E-state index in [4.69, 9.17) is 19.4 Å². The SMILES string of the molecule is Cc1ccccc1-c1cc2c(cc1Cc1ccc3oc4c(-c5nc(-c6ccccc6)nc(-c6ccccc6)n5)cccc4c3c1)-c1ccccc1C2(C)C. The summed E-state index contributed by atoms with van der Waals surface area (Å²) in [4.78, 5) is 14.9. The molecule has 0 spiro atoms. The molecule has 0 amide bonds. The summed E-state index contributed by atoms with van der Waals surface area (Å²) in [5.74, 6) is 1.83. The molecular formula is C50H37N3O. The Labute approximate surface area is 314 Å². The lowest BCUT2D eigenvalue weighted by Gasteiger charge is -2.23. The van der Waals surface area contributed by atoms with Crippen molar-refractivity contribution in [2.45, 2.75) is 32.6 Å². The summed E-state index contributed by atoms with van der Waals surface area (Å²) in [6.45, 7) is 6.92. The topological polar surface area (TPSA) is 51.8 Å². The van der Waals surface area contributed by atoms with Gasteiger partial charge in [0.25, 0.3) is 0 Å². The molecule has 0 aliphatic heterocycles. The third-order valence-electron chi connectivity index (χ3n) is 11.1. The fourth-order valence-corrected chi connectivity index (χ4v) is 8.35. The van der Waals surface area contributed by atoms with Gasteiger partial charge in [0.2, 0.25) is 0 Å². The van der Waals surface area contributed by atoms with Gasteiger partial charge < -0.3 is 4.42 Å². The molecule has 0 radical (unpaired) electrons. The van der Waals surface area contributed by atoms with Crippen molar-refractivity contribution in [3.63, 3.8) is 0 Å². The van der Waals surface area contributed by atoms with Crippen LogP contribution in [0.1, 0.15) is 41.7 Å². The minimum Gasteiger partial charge on any atom is -0.455 e. The van der Waals surface area contributed by atoms with E-state index in [1.165, 1.54) is 50.1 Å². The maximum Gasteiger partial charge on any atom is 0.167 e. The number of hydrogen-bond acceptors (Lipinski definition) is 4. The monoisotopic (exact) mass is 695 g/mol. The van der Waals surface area contributed by atoms with Crippen LogP contribution in [0.15, 0.2) is 162 Å². The van der Waals surface area contributed by atoms with E-state index in [-0.39, 0.29) is 5.41 Å². The molecular weight excluding hydrogens is 659 g/mol. The van der Waals surface area contributed by atoms with Crippen molar-refractivity contribution >= 4 is 21.9 Å². The number of aryl methyl sites for hydroxylation is 1. The molecule has 1 aliphatic rings. The van der Waals surface area contributed by atoms with Gasteiger partial charge in [-0.1, -0.05) is 141 Å². The minimum absolute atomic E-state index is 0.0729. The van der Waals surface area contributed by atoms with E-state index < -0.39 is 0 Å². The molecule has 2 heterocycles. The van der Waals surface area contributed by atoms with Gasteiger partial charge in [0.1, 0.15) is 11.2 Å². The predicted molar refractivity (Wildman–Crippen MR) is 220 cm³/mol. The van der Waals surface area contributed by atoms with Crippen molar-refractivity contribution in [2.24, 2.45) is 0 Å². The second-order valence-electron chi connectivity index (χ2n) is 14.9. The van der Waals surface area contributed by atoms with Gasteiger partial charge in [-0.2, -0.15) is 0 Å². The summed E-state index contributed by atoms with van der Waals surface area (Å²) in [5, 5.41) is 2.12. The summed E-state index contributed by atoms with van der Waals surface area (Å²) < 4.78 is 6.67. The second kappa shape index (κ2) is 12.5. The smallest absolute Gasteiger partial charge is 0.167 e. The molecule has 54 heavy (non-hydrogen) atoms. The average Bonchev–Trinajstić information content (AvgIpc) is 3.69. The maximum atomic E-state index is 6.67. The highest BCUT2D eigenvalue weighted by molar-refractivity contribution is 6.09. The largest absolute Gasteiger partial charge is 0.455 e. The predicted octanol–water partition coefficient (Wildman–Crippen LogP) is 12.6. The first-order valence-electron chi connectivity index (χ1n) is 18.6. The molecule has 4 nitrogen and oxygen atoms in total. The molecule has 1 aliphatic carbocycles. The molecule has 0 bridgehead atoms. The molecule has 0 fully saturated rings. The summed E-state index contributed by atoms with van der Waals surface area (Å²) in [5.41, 5.74) is 16.1. The summed E-state index contributed by atoms with van der Waals surface area (Å²) in [7, 11) is 0. The van der Waals surface area contributed by atoms with Crippen LogP contribution >= 0.6 is 0 Å². The fraction of sp³-hybridized carbons (Fsp3) is 0.100. The molecule has 0 saturated heterocycles. The van der Waals surface area contributed by atoms with Crippen LogP contribution < -0.4 is 0 Å². The van der Waals surface area contributed by atoms with E-state index in [1.807, 2.05) is 66.7 Å². The van der Waals surface area contributed by atoms with Gasteiger partial charge in [-0.15, -0.1) is 0 Å². The number of benzene rings is 7. The molecule has 0 N–H and O–H groups in total. The lowest BCUT2D eigenvalue weighted by molar-refractivity contribution is 0.660. The number of rotatable bonds is 6. The van der Waals surface area contributed by atoms with Crippen LogP contribution in [0.2, 0.25) is 0 Å². The van der Waals surface area contributed by atoms with E-state index in [1.54, 1.807) is 0 Å². The van der Waals surface area contributed by atoms with Crippen LogP contribution in [-0.4, -0.2) is 15.0 Å². The number of aromatic nitrogens is 3. The Morgan fingerprint density at radius 3 is 1.83 bits per heavy atom. The van der Waals surface area contributed by atoms with E-state index in [0.717, 1.165) is 45.0 Å². The van der Waals surface area contributed by atoms with E-state index in [2.05, 4.69) is 112 Å². The molecule has 4 heteroatoms. The van der Waals surface area contributed by atoms with Crippen LogP contribution in [0, 0.1) is 6.92 Å². The molecule has 0 unspecified atom stereocenters. The van der Waals surface area contributed by atoms with Crippen molar-refractivity contribution in [1.82, 2.24) is 15.0 Å². The first kappa shape index (κ1) is 32.0. The zero-order valence-electron chi connectivity index (χ0n) is 30.5. The Hall–Kier alpha value is -6.65. The third-order valence-corrected chi connectivity index (χ3v) is 11.1. The van der Waals surface area contributed by atoms with E-state index in [0.29, 0.717) is 17.5 Å². The number of para-hydroxylation sites is 1. The number of furan rings is 1. The highest BCUT2D eigenvalue weighted by atomic mass is 16.3. The Morgan fingerprint density at radius 1 is 0.481 bits per heavy atom. The van der Waals surface area contributed by atoms with Gasteiger partial charge in [0, 0.05) is 27.3 Å². The van der Waals surface area contributed by atoms with E-state index in [9.17, 15) is 0 Å². The Kier molecular flexibility index (Phi) is 7.41. The first-order chi connectivity index (χ1) is 26.4. The zero-order chi connectivity index (χ0) is 36.4. The zero-order valence-corrected chi connectivity index (χ0v) is 30.5. The van der Waals surface area contributed by atoms with Crippen LogP contribution in [0.3, 0.4) is 0 Å². The molecule has 2 aromatic heterocycles.